The number of likely N-dealkylation sites (tertiary alicyclic amines) is 1. The Hall–Kier alpha value is -1.20. The van der Waals surface area contributed by atoms with E-state index in [-0.39, 0.29) is 40.8 Å². The summed E-state index contributed by atoms with van der Waals surface area (Å²) in [6, 6.07) is 0.498. The van der Waals surface area contributed by atoms with Crippen LogP contribution >= 0.6 is 0 Å². The zero-order chi connectivity index (χ0) is 27.0. The number of Topliss-reactive ketones (excluding diaryl/α,β-unsaturated/α-hetero) is 1. The van der Waals surface area contributed by atoms with Gasteiger partial charge in [-0.3, -0.25) is 14.5 Å². The van der Waals surface area contributed by atoms with E-state index in [0.29, 0.717) is 41.6 Å². The van der Waals surface area contributed by atoms with E-state index in [1.54, 1.807) is 0 Å². The molecule has 3 saturated carbocycles. The van der Waals surface area contributed by atoms with Gasteiger partial charge in [0, 0.05) is 43.7 Å². The molecule has 5 fully saturated rings. The smallest absolute Gasteiger partial charge is 0.302 e. The molecule has 38 heavy (non-hydrogen) atoms. The van der Waals surface area contributed by atoms with Crippen molar-refractivity contribution in [3.63, 3.8) is 0 Å². The molecular formula is C33H51NO4. The maximum Gasteiger partial charge on any atom is 0.302 e. The molecule has 0 aromatic carbocycles. The highest BCUT2D eigenvalue weighted by atomic mass is 16.5. The number of allylic oxidation sites excluding steroid dienone is 1. The second-order valence-corrected chi connectivity index (χ2v) is 14.5. The topological polar surface area (TPSA) is 55.8 Å². The average Bonchev–Trinajstić information content (AvgIpc) is 3.32. The van der Waals surface area contributed by atoms with Crippen LogP contribution in [-0.4, -0.2) is 53.6 Å². The van der Waals surface area contributed by atoms with E-state index in [9.17, 15) is 9.59 Å². The molecule has 0 N–H and O–H groups in total. The Morgan fingerprint density at radius 3 is 2.68 bits per heavy atom. The molecule has 2 heterocycles. The molecule has 5 nitrogen and oxygen atoms in total. The fourth-order valence-electron chi connectivity index (χ4n) is 10.9. The quantitative estimate of drug-likeness (QED) is 0.323. The molecule has 4 aliphatic carbocycles. The van der Waals surface area contributed by atoms with Crippen LogP contribution < -0.4 is 0 Å². The molecule has 12 atom stereocenters. The van der Waals surface area contributed by atoms with Crippen molar-refractivity contribution < 1.29 is 19.1 Å². The maximum absolute atomic E-state index is 14.5. The molecule has 6 aliphatic rings. The number of ether oxygens (including phenoxy) is 2. The van der Waals surface area contributed by atoms with Crippen LogP contribution in [0.3, 0.4) is 0 Å². The Balaban J connectivity index is 1.25. The number of hydrogen-bond donors (Lipinski definition) is 0. The fourth-order valence-corrected chi connectivity index (χ4v) is 10.9. The number of rotatable bonds is 4. The Bertz CT molecular complexity index is 991. The van der Waals surface area contributed by atoms with E-state index in [4.69, 9.17) is 9.47 Å². The van der Waals surface area contributed by atoms with Crippen LogP contribution in [0.25, 0.3) is 0 Å². The van der Waals surface area contributed by atoms with Crippen molar-refractivity contribution in [2.45, 2.75) is 123 Å². The average molecular weight is 526 g/mol. The molecular weight excluding hydrogens is 474 g/mol. The van der Waals surface area contributed by atoms with Gasteiger partial charge in [0.15, 0.2) is 0 Å². The van der Waals surface area contributed by atoms with E-state index in [2.05, 4.69) is 45.6 Å². The van der Waals surface area contributed by atoms with Crippen LogP contribution in [-0.2, 0) is 19.1 Å². The number of ketones is 1. The summed E-state index contributed by atoms with van der Waals surface area (Å²) >= 11 is 0. The first-order chi connectivity index (χ1) is 18.1. The number of piperidine rings is 1. The summed E-state index contributed by atoms with van der Waals surface area (Å²) in [5.41, 5.74) is 1.13. The van der Waals surface area contributed by atoms with Crippen LogP contribution in [0.15, 0.2) is 11.6 Å². The molecule has 0 amide bonds. The van der Waals surface area contributed by atoms with Crippen LogP contribution in [0.5, 0.6) is 0 Å². The van der Waals surface area contributed by atoms with Gasteiger partial charge in [-0.1, -0.05) is 52.7 Å². The van der Waals surface area contributed by atoms with E-state index in [1.807, 2.05) is 0 Å². The lowest BCUT2D eigenvalue weighted by Gasteiger charge is -2.49. The van der Waals surface area contributed by atoms with Crippen molar-refractivity contribution in [3.05, 3.63) is 11.6 Å². The second-order valence-electron chi connectivity index (χ2n) is 14.5. The zero-order valence-corrected chi connectivity index (χ0v) is 24.7. The highest BCUT2D eigenvalue weighted by Gasteiger charge is 2.68. The van der Waals surface area contributed by atoms with Gasteiger partial charge in [-0.2, -0.15) is 0 Å². The summed E-state index contributed by atoms with van der Waals surface area (Å²) in [4.78, 5) is 28.9. The van der Waals surface area contributed by atoms with Gasteiger partial charge in [-0.15, -0.1) is 0 Å². The minimum atomic E-state index is -0.191. The van der Waals surface area contributed by atoms with Gasteiger partial charge in [0.2, 0.25) is 0 Å². The first-order valence-electron chi connectivity index (χ1n) is 15.9. The van der Waals surface area contributed by atoms with E-state index in [0.717, 1.165) is 44.9 Å². The predicted octanol–water partition coefficient (Wildman–Crippen LogP) is 6.20. The maximum atomic E-state index is 14.5. The zero-order valence-electron chi connectivity index (χ0n) is 24.7. The molecule has 0 aromatic heterocycles. The summed E-state index contributed by atoms with van der Waals surface area (Å²) in [6.07, 6.45) is 12.2. The van der Waals surface area contributed by atoms with E-state index in [1.165, 1.54) is 38.4 Å². The number of unbranched alkanes of at least 4 members (excludes halogenated alkanes) is 1. The van der Waals surface area contributed by atoms with Gasteiger partial charge in [-0.05, 0) is 80.6 Å². The summed E-state index contributed by atoms with van der Waals surface area (Å²) < 4.78 is 12.8. The van der Waals surface area contributed by atoms with Crippen molar-refractivity contribution in [2.24, 2.45) is 46.8 Å². The fraction of sp³-hybridized carbons (Fsp3) is 0.879. The summed E-state index contributed by atoms with van der Waals surface area (Å²) in [5, 5.41) is 0. The highest BCUT2D eigenvalue weighted by Crippen LogP contribution is 2.65. The minimum Gasteiger partial charge on any atom is -0.462 e. The first-order valence-corrected chi connectivity index (χ1v) is 15.9. The van der Waals surface area contributed by atoms with Gasteiger partial charge >= 0.3 is 5.97 Å². The predicted molar refractivity (Wildman–Crippen MR) is 148 cm³/mol. The number of fused-ring (bicyclic) bond motifs is 6. The van der Waals surface area contributed by atoms with Gasteiger partial charge in [0.05, 0.1) is 11.7 Å². The first kappa shape index (κ1) is 27.0. The van der Waals surface area contributed by atoms with E-state index < -0.39 is 0 Å². The SMILES string of the molecule is CCCCN1C[C@@H](C)C[C@H]2O[C@]3(CC[C@H]4[C@@H]5CC=C6C[C@@H](OC(C)=O)CC[C@]6(C)[C@H]5C(=O)[C@@H]4[C@H]3C)[C@H](C)[C@@H]21. The Kier molecular flexibility index (Phi) is 6.90. The lowest BCUT2D eigenvalue weighted by Crippen LogP contribution is -2.54. The monoisotopic (exact) mass is 525 g/mol. The lowest BCUT2D eigenvalue weighted by molar-refractivity contribution is -0.154. The van der Waals surface area contributed by atoms with Crippen LogP contribution in [0.1, 0.15) is 99.3 Å². The molecule has 2 saturated heterocycles. The molecule has 212 valence electrons. The van der Waals surface area contributed by atoms with E-state index >= 15 is 0 Å². The Morgan fingerprint density at radius 1 is 1.16 bits per heavy atom. The van der Waals surface area contributed by atoms with Crippen LogP contribution in [0, 0.1) is 46.8 Å². The van der Waals surface area contributed by atoms with Gasteiger partial charge in [0.25, 0.3) is 0 Å². The number of nitrogens with zero attached hydrogens (tertiary/aromatic N) is 1. The standard InChI is InChI=1S/C33H51NO4/c1-7-8-15-34-18-19(2)16-27-30(34)21(4)33(38-27)14-12-25-26-10-9-23-17-24(37-22(5)35)11-13-32(23,6)29(26)31(36)28(25)20(33)3/h9,19-21,24-30H,7-8,10-18H2,1-6H3/t19-,20+,21+,24-,25-,26-,27+,28+,29+,30-,32-,33-/m0/s1. The molecule has 0 bridgehead atoms. The third-order valence-corrected chi connectivity index (χ3v) is 12.5. The van der Waals surface area contributed by atoms with Gasteiger partial charge in [-0.25, -0.2) is 0 Å². The largest absolute Gasteiger partial charge is 0.462 e. The number of esters is 1. The van der Waals surface area contributed by atoms with Gasteiger partial charge < -0.3 is 9.47 Å². The normalized spacial score (nSPS) is 50.2. The van der Waals surface area contributed by atoms with Crippen molar-refractivity contribution in [1.82, 2.24) is 4.90 Å². The summed E-state index contributed by atoms with van der Waals surface area (Å²) in [7, 11) is 0. The number of carbonyl (C=O) groups is 2. The van der Waals surface area contributed by atoms with Crippen LogP contribution in [0.2, 0.25) is 0 Å². The molecule has 6 rings (SSSR count). The van der Waals surface area contributed by atoms with Crippen molar-refractivity contribution in [1.29, 1.82) is 0 Å². The summed E-state index contributed by atoms with van der Waals surface area (Å²) in [6.45, 7) is 15.7. The molecule has 0 radical (unpaired) electrons. The molecule has 1 spiro atoms. The number of hydrogen-bond acceptors (Lipinski definition) is 5. The van der Waals surface area contributed by atoms with Crippen molar-refractivity contribution >= 4 is 11.8 Å². The molecule has 5 heteroatoms. The van der Waals surface area contributed by atoms with Gasteiger partial charge in [0.1, 0.15) is 11.9 Å². The van der Waals surface area contributed by atoms with Crippen molar-refractivity contribution in [2.75, 3.05) is 13.1 Å². The second kappa shape index (κ2) is 9.72. The molecule has 0 unspecified atom stereocenters. The van der Waals surface area contributed by atoms with Crippen molar-refractivity contribution in [3.8, 4) is 0 Å². The third-order valence-electron chi connectivity index (χ3n) is 12.5. The third kappa shape index (κ3) is 3.91. The van der Waals surface area contributed by atoms with Crippen LogP contribution in [0.4, 0.5) is 0 Å². The lowest BCUT2D eigenvalue weighted by atomic mass is 9.56. The minimum absolute atomic E-state index is 0.0292. The Morgan fingerprint density at radius 2 is 1.95 bits per heavy atom. The molecule has 0 aromatic rings. The summed E-state index contributed by atoms with van der Waals surface area (Å²) in [5.74, 6) is 2.95. The highest BCUT2D eigenvalue weighted by molar-refractivity contribution is 5.88. The molecule has 2 aliphatic heterocycles. The Labute approximate surface area is 230 Å². The number of carbonyl (C=O) groups excluding carboxylic acids is 2.